The summed E-state index contributed by atoms with van der Waals surface area (Å²) < 4.78 is 16.1. The number of aromatic nitrogens is 1. The molecule has 0 fully saturated rings. The Labute approximate surface area is 174 Å². The summed E-state index contributed by atoms with van der Waals surface area (Å²) in [6.07, 6.45) is 0. The summed E-state index contributed by atoms with van der Waals surface area (Å²) in [4.78, 5) is 7.89. The molecule has 0 radical (unpaired) electrons. The zero-order chi connectivity index (χ0) is 21.1. The summed E-state index contributed by atoms with van der Waals surface area (Å²) in [6.45, 7) is 0. The first-order chi connectivity index (χ1) is 14.6. The van der Waals surface area contributed by atoms with E-state index in [1.54, 1.807) is 27.4 Å². The molecule has 1 heterocycles. The Morgan fingerprint density at radius 3 is 2.13 bits per heavy atom. The summed E-state index contributed by atoms with van der Waals surface area (Å²) in [5.74, 6) is 1.92. The van der Waals surface area contributed by atoms with Crippen molar-refractivity contribution in [2.75, 3.05) is 21.3 Å². The van der Waals surface area contributed by atoms with Gasteiger partial charge in [0.15, 0.2) is 17.4 Å². The number of aromatic amines is 1. The van der Waals surface area contributed by atoms with Gasteiger partial charge in [-0.25, -0.2) is 4.99 Å². The highest BCUT2D eigenvalue weighted by Gasteiger charge is 2.21. The number of nitrogens with zero attached hydrogens (tertiary/aromatic N) is 1. The summed E-state index contributed by atoms with van der Waals surface area (Å²) >= 11 is 0. The molecule has 0 aliphatic heterocycles. The molecule has 4 aromatic rings. The predicted molar refractivity (Wildman–Crippen MR) is 118 cm³/mol. The molecule has 4 rings (SSSR count). The van der Waals surface area contributed by atoms with Gasteiger partial charge < -0.3 is 24.3 Å². The third-order valence-electron chi connectivity index (χ3n) is 4.88. The molecule has 0 atom stereocenters. The molecule has 152 valence electrons. The number of aliphatic imine (C=N–C) groups is 1. The van der Waals surface area contributed by atoms with Crippen molar-refractivity contribution in [2.45, 2.75) is 0 Å². The van der Waals surface area contributed by atoms with Crippen LogP contribution in [0.5, 0.6) is 23.1 Å². The van der Waals surface area contributed by atoms with Crippen molar-refractivity contribution in [3.63, 3.8) is 0 Å². The van der Waals surface area contributed by atoms with Crippen LogP contribution in [0.4, 0.5) is 5.69 Å². The SMILES string of the molecule is COc1ccc(N=C(c2ccccc2)c2c(O)[nH]c3cc(OC)c(OC)cc23)cc1. The number of H-pyrrole nitrogens is 1. The number of fused-ring (bicyclic) bond motifs is 1. The number of aromatic hydroxyl groups is 1. The molecule has 6 heteroatoms. The second-order valence-electron chi connectivity index (χ2n) is 6.63. The second-order valence-corrected chi connectivity index (χ2v) is 6.63. The van der Waals surface area contributed by atoms with Crippen molar-refractivity contribution in [2.24, 2.45) is 4.99 Å². The van der Waals surface area contributed by atoms with Gasteiger partial charge in [-0.15, -0.1) is 0 Å². The van der Waals surface area contributed by atoms with Crippen LogP contribution in [0.1, 0.15) is 11.1 Å². The Hall–Kier alpha value is -3.93. The third kappa shape index (κ3) is 3.55. The molecule has 30 heavy (non-hydrogen) atoms. The van der Waals surface area contributed by atoms with Crippen LogP contribution in [0, 0.1) is 0 Å². The fourth-order valence-electron chi connectivity index (χ4n) is 3.39. The van der Waals surface area contributed by atoms with E-state index in [1.807, 2.05) is 60.7 Å². The molecule has 0 saturated carbocycles. The molecule has 0 aliphatic carbocycles. The Morgan fingerprint density at radius 1 is 0.833 bits per heavy atom. The number of ether oxygens (including phenoxy) is 3. The highest BCUT2D eigenvalue weighted by Crippen LogP contribution is 2.38. The smallest absolute Gasteiger partial charge is 0.199 e. The van der Waals surface area contributed by atoms with Crippen molar-refractivity contribution in [3.05, 3.63) is 77.9 Å². The number of hydrogen-bond donors (Lipinski definition) is 2. The summed E-state index contributed by atoms with van der Waals surface area (Å²) in [5, 5.41) is 11.6. The minimum Gasteiger partial charge on any atom is -0.497 e. The van der Waals surface area contributed by atoms with Gasteiger partial charge in [0.25, 0.3) is 0 Å². The van der Waals surface area contributed by atoms with Gasteiger partial charge in [-0.1, -0.05) is 30.3 Å². The maximum Gasteiger partial charge on any atom is 0.199 e. The molecule has 0 amide bonds. The van der Waals surface area contributed by atoms with Gasteiger partial charge in [0, 0.05) is 17.0 Å². The van der Waals surface area contributed by atoms with Crippen LogP contribution in [0.3, 0.4) is 0 Å². The summed E-state index contributed by atoms with van der Waals surface area (Å²) in [7, 11) is 4.78. The predicted octanol–water partition coefficient (Wildman–Crippen LogP) is 5.07. The number of benzene rings is 3. The first kappa shape index (κ1) is 19.4. The number of nitrogens with one attached hydrogen (secondary N) is 1. The first-order valence-electron chi connectivity index (χ1n) is 9.39. The molecule has 0 spiro atoms. The van der Waals surface area contributed by atoms with E-state index >= 15 is 0 Å². The van der Waals surface area contributed by atoms with E-state index in [-0.39, 0.29) is 5.88 Å². The van der Waals surface area contributed by atoms with Crippen LogP contribution in [-0.2, 0) is 0 Å². The van der Waals surface area contributed by atoms with Crippen molar-refractivity contribution in [1.82, 2.24) is 4.98 Å². The number of hydrogen-bond acceptors (Lipinski definition) is 5. The number of rotatable bonds is 6. The largest absolute Gasteiger partial charge is 0.497 e. The first-order valence-corrected chi connectivity index (χ1v) is 9.39. The van der Waals surface area contributed by atoms with Crippen LogP contribution in [0.2, 0.25) is 0 Å². The van der Waals surface area contributed by atoms with Gasteiger partial charge in [0.1, 0.15) is 5.75 Å². The molecule has 3 aromatic carbocycles. The fraction of sp³-hybridized carbons (Fsp3) is 0.125. The highest BCUT2D eigenvalue weighted by molar-refractivity contribution is 6.22. The van der Waals surface area contributed by atoms with E-state index in [0.29, 0.717) is 22.8 Å². The van der Waals surface area contributed by atoms with Crippen molar-refractivity contribution >= 4 is 22.3 Å². The lowest BCUT2D eigenvalue weighted by molar-refractivity contribution is 0.356. The molecule has 0 bridgehead atoms. The van der Waals surface area contributed by atoms with Crippen LogP contribution in [0.25, 0.3) is 10.9 Å². The average Bonchev–Trinajstić information content (AvgIpc) is 3.11. The normalized spacial score (nSPS) is 11.5. The van der Waals surface area contributed by atoms with Crippen LogP contribution >= 0.6 is 0 Å². The van der Waals surface area contributed by atoms with E-state index in [9.17, 15) is 5.11 Å². The van der Waals surface area contributed by atoms with E-state index < -0.39 is 0 Å². The van der Waals surface area contributed by atoms with Crippen LogP contribution < -0.4 is 14.2 Å². The van der Waals surface area contributed by atoms with E-state index in [4.69, 9.17) is 19.2 Å². The quantitative estimate of drug-likeness (QED) is 0.442. The van der Waals surface area contributed by atoms with Crippen molar-refractivity contribution < 1.29 is 19.3 Å². The average molecular weight is 402 g/mol. The molecular weight excluding hydrogens is 380 g/mol. The highest BCUT2D eigenvalue weighted by atomic mass is 16.5. The molecule has 1 aromatic heterocycles. The van der Waals surface area contributed by atoms with E-state index in [2.05, 4.69) is 4.98 Å². The number of methoxy groups -OCH3 is 3. The van der Waals surface area contributed by atoms with Gasteiger partial charge in [0.05, 0.1) is 43.8 Å². The molecule has 6 nitrogen and oxygen atoms in total. The van der Waals surface area contributed by atoms with Crippen molar-refractivity contribution in [3.8, 4) is 23.1 Å². The van der Waals surface area contributed by atoms with Gasteiger partial charge in [-0.3, -0.25) is 0 Å². The van der Waals surface area contributed by atoms with Gasteiger partial charge in [0.2, 0.25) is 0 Å². The van der Waals surface area contributed by atoms with Crippen LogP contribution in [-0.4, -0.2) is 37.1 Å². The monoisotopic (exact) mass is 402 g/mol. The van der Waals surface area contributed by atoms with E-state index in [1.165, 1.54) is 0 Å². The van der Waals surface area contributed by atoms with Crippen molar-refractivity contribution in [1.29, 1.82) is 0 Å². The zero-order valence-electron chi connectivity index (χ0n) is 17.0. The lowest BCUT2D eigenvalue weighted by Crippen LogP contribution is -2.03. The van der Waals surface area contributed by atoms with Crippen LogP contribution in [0.15, 0.2) is 71.7 Å². The maximum absolute atomic E-state index is 10.8. The lowest BCUT2D eigenvalue weighted by atomic mass is 10.0. The Balaban J connectivity index is 1.96. The summed E-state index contributed by atoms with van der Waals surface area (Å²) in [5.41, 5.74) is 3.56. The molecule has 0 saturated heterocycles. The standard InChI is InChI=1S/C24H22N2O4/c1-28-17-11-9-16(10-12-17)25-23(15-7-5-4-6-8-15)22-18-13-20(29-2)21(30-3)14-19(18)26-24(22)27/h4-14,26-27H,1-3H3. The molecular formula is C24H22N2O4. The maximum atomic E-state index is 10.8. The Morgan fingerprint density at radius 2 is 1.50 bits per heavy atom. The minimum atomic E-state index is 0.0245. The zero-order valence-corrected chi connectivity index (χ0v) is 17.0. The lowest BCUT2D eigenvalue weighted by Gasteiger charge is -2.10. The summed E-state index contributed by atoms with van der Waals surface area (Å²) in [6, 6.07) is 20.8. The molecule has 0 aliphatic rings. The fourth-order valence-corrected chi connectivity index (χ4v) is 3.39. The van der Waals surface area contributed by atoms with Gasteiger partial charge >= 0.3 is 0 Å². The Bertz CT molecular complexity index is 1200. The molecule has 2 N–H and O–H groups in total. The third-order valence-corrected chi connectivity index (χ3v) is 4.88. The van der Waals surface area contributed by atoms with Gasteiger partial charge in [-0.2, -0.15) is 0 Å². The van der Waals surface area contributed by atoms with E-state index in [0.717, 1.165) is 27.9 Å². The van der Waals surface area contributed by atoms with Gasteiger partial charge in [-0.05, 0) is 30.3 Å². The minimum absolute atomic E-state index is 0.0245. The molecule has 0 unspecified atom stereocenters. The second kappa shape index (κ2) is 8.21. The Kier molecular flexibility index (Phi) is 5.30. The topological polar surface area (TPSA) is 76.1 Å².